The van der Waals surface area contributed by atoms with Crippen LogP contribution in [0, 0.1) is 0 Å². The molecular formula is C6H12N4O2. The summed E-state index contributed by atoms with van der Waals surface area (Å²) in [5.41, 5.74) is 7.89. The lowest BCUT2D eigenvalue weighted by Crippen LogP contribution is -2.24. The lowest BCUT2D eigenvalue weighted by Gasteiger charge is -2.01. The van der Waals surface area contributed by atoms with Crippen molar-refractivity contribution in [3.8, 4) is 0 Å². The number of carbonyl (C=O) groups is 1. The molecule has 6 nitrogen and oxygen atoms in total. The van der Waals surface area contributed by atoms with E-state index in [0.717, 1.165) is 0 Å². The molecule has 0 aliphatic carbocycles. The maximum Gasteiger partial charge on any atom is 0.216 e. The van der Waals surface area contributed by atoms with Crippen molar-refractivity contribution in [1.29, 1.82) is 0 Å². The smallest absolute Gasteiger partial charge is 0.216 e. The average molecular weight is 172 g/mol. The Hall–Kier alpha value is -1.26. The third-order valence-electron chi connectivity index (χ3n) is 1.02. The first-order chi connectivity index (χ1) is 5.77. The third-order valence-corrected chi connectivity index (χ3v) is 1.02. The summed E-state index contributed by atoms with van der Waals surface area (Å²) >= 11 is 0. The largest absolute Gasteiger partial charge is 0.379 e. The minimum atomic E-state index is -0.0753. The van der Waals surface area contributed by atoms with Crippen LogP contribution in [0.3, 0.4) is 0 Å². The fourth-order valence-corrected chi connectivity index (χ4v) is 0.551. The number of azide groups is 1. The van der Waals surface area contributed by atoms with Crippen molar-refractivity contribution in [2.75, 3.05) is 26.3 Å². The molecule has 6 heteroatoms. The first-order valence-electron chi connectivity index (χ1n) is 3.60. The standard InChI is InChI=1S/C6H12N4O2/c1-6(11)8-2-4-12-5-3-9-10-7/h2-5H2,1H3,(H,8,11). The number of nitrogens with one attached hydrogen (secondary N) is 1. The molecule has 12 heavy (non-hydrogen) atoms. The number of rotatable bonds is 6. The molecule has 0 saturated carbocycles. The Morgan fingerprint density at radius 2 is 2.42 bits per heavy atom. The van der Waals surface area contributed by atoms with E-state index in [1.54, 1.807) is 0 Å². The Kier molecular flexibility index (Phi) is 7.02. The van der Waals surface area contributed by atoms with Gasteiger partial charge in [0.25, 0.3) is 0 Å². The van der Waals surface area contributed by atoms with Crippen LogP contribution < -0.4 is 5.32 Å². The lowest BCUT2D eigenvalue weighted by atomic mass is 10.6. The average Bonchev–Trinajstić information content (AvgIpc) is 2.02. The maximum atomic E-state index is 10.3. The topological polar surface area (TPSA) is 87.1 Å². The molecule has 0 heterocycles. The van der Waals surface area contributed by atoms with Gasteiger partial charge in [-0.25, -0.2) is 0 Å². The molecular weight excluding hydrogens is 160 g/mol. The molecule has 0 aliphatic rings. The van der Waals surface area contributed by atoms with Crippen LogP contribution in [-0.2, 0) is 9.53 Å². The van der Waals surface area contributed by atoms with Crippen LogP contribution in [0.1, 0.15) is 6.92 Å². The van der Waals surface area contributed by atoms with Gasteiger partial charge in [0.05, 0.1) is 13.2 Å². The van der Waals surface area contributed by atoms with Crippen molar-refractivity contribution in [2.45, 2.75) is 6.92 Å². The number of nitrogens with zero attached hydrogens (tertiary/aromatic N) is 3. The fourth-order valence-electron chi connectivity index (χ4n) is 0.551. The van der Waals surface area contributed by atoms with Crippen LogP contribution >= 0.6 is 0 Å². The van der Waals surface area contributed by atoms with E-state index in [2.05, 4.69) is 15.3 Å². The first-order valence-corrected chi connectivity index (χ1v) is 3.60. The van der Waals surface area contributed by atoms with E-state index in [9.17, 15) is 4.79 Å². The van der Waals surface area contributed by atoms with Gasteiger partial charge in [-0.1, -0.05) is 5.11 Å². The minimum absolute atomic E-state index is 0.0753. The van der Waals surface area contributed by atoms with E-state index in [4.69, 9.17) is 10.3 Å². The van der Waals surface area contributed by atoms with E-state index < -0.39 is 0 Å². The summed E-state index contributed by atoms with van der Waals surface area (Å²) in [5.74, 6) is -0.0753. The third kappa shape index (κ3) is 8.74. The van der Waals surface area contributed by atoms with Gasteiger partial charge >= 0.3 is 0 Å². The van der Waals surface area contributed by atoms with Gasteiger partial charge in [0.15, 0.2) is 0 Å². The van der Waals surface area contributed by atoms with Crippen molar-refractivity contribution in [2.24, 2.45) is 5.11 Å². The molecule has 1 amide bonds. The summed E-state index contributed by atoms with van der Waals surface area (Å²) in [4.78, 5) is 12.9. The Bertz CT molecular complexity index is 170. The molecule has 0 saturated heterocycles. The van der Waals surface area contributed by atoms with Gasteiger partial charge in [-0.15, -0.1) is 0 Å². The van der Waals surface area contributed by atoms with E-state index in [1.807, 2.05) is 0 Å². The molecule has 0 atom stereocenters. The van der Waals surface area contributed by atoms with Crippen LogP contribution in [0.2, 0.25) is 0 Å². The first kappa shape index (κ1) is 10.7. The summed E-state index contributed by atoms with van der Waals surface area (Å²) in [5, 5.41) is 5.84. The van der Waals surface area contributed by atoms with Crippen molar-refractivity contribution < 1.29 is 9.53 Å². The van der Waals surface area contributed by atoms with Gasteiger partial charge in [0.1, 0.15) is 0 Å². The molecule has 0 aromatic heterocycles. The van der Waals surface area contributed by atoms with Gasteiger partial charge in [-0.05, 0) is 5.53 Å². The molecule has 0 bridgehead atoms. The molecule has 1 N–H and O–H groups in total. The minimum Gasteiger partial charge on any atom is -0.379 e. The molecule has 0 aliphatic heterocycles. The second kappa shape index (κ2) is 7.84. The number of hydrogen-bond donors (Lipinski definition) is 1. The predicted octanol–water partition coefficient (Wildman–Crippen LogP) is 0.449. The lowest BCUT2D eigenvalue weighted by molar-refractivity contribution is -0.119. The highest BCUT2D eigenvalue weighted by atomic mass is 16.5. The molecule has 0 aromatic rings. The number of ether oxygens (including phenoxy) is 1. The Morgan fingerprint density at radius 3 is 3.00 bits per heavy atom. The Morgan fingerprint density at radius 1 is 1.67 bits per heavy atom. The van der Waals surface area contributed by atoms with Gasteiger partial charge in [0, 0.05) is 24.9 Å². The summed E-state index contributed by atoms with van der Waals surface area (Å²) in [6.07, 6.45) is 0. The SMILES string of the molecule is CC(=O)NCCOCCN=[N+]=[N-]. The molecule has 0 aromatic carbocycles. The van der Waals surface area contributed by atoms with Crippen LogP contribution in [-0.4, -0.2) is 32.2 Å². The predicted molar refractivity (Wildman–Crippen MR) is 43.5 cm³/mol. The number of hydrogen-bond acceptors (Lipinski definition) is 3. The number of carbonyl (C=O) groups excluding carboxylic acids is 1. The highest BCUT2D eigenvalue weighted by molar-refractivity contribution is 5.72. The molecule has 0 fully saturated rings. The van der Waals surface area contributed by atoms with Gasteiger partial charge in [-0.2, -0.15) is 0 Å². The Balaban J connectivity index is 3.00. The van der Waals surface area contributed by atoms with Crippen LogP contribution in [0.4, 0.5) is 0 Å². The van der Waals surface area contributed by atoms with Crippen molar-refractivity contribution in [3.05, 3.63) is 10.4 Å². The zero-order valence-corrected chi connectivity index (χ0v) is 6.99. The molecule has 0 radical (unpaired) electrons. The highest BCUT2D eigenvalue weighted by Crippen LogP contribution is 1.76. The summed E-state index contributed by atoms with van der Waals surface area (Å²) < 4.78 is 5.01. The second-order valence-corrected chi connectivity index (χ2v) is 2.05. The normalized spacial score (nSPS) is 8.75. The Labute approximate surface area is 70.5 Å². The van der Waals surface area contributed by atoms with Gasteiger partial charge in [0.2, 0.25) is 5.91 Å². The summed E-state index contributed by atoms with van der Waals surface area (Å²) in [6, 6.07) is 0. The van der Waals surface area contributed by atoms with Crippen molar-refractivity contribution >= 4 is 5.91 Å². The van der Waals surface area contributed by atoms with E-state index in [-0.39, 0.29) is 5.91 Å². The molecule has 68 valence electrons. The zero-order valence-electron chi connectivity index (χ0n) is 6.99. The fraction of sp³-hybridized carbons (Fsp3) is 0.833. The van der Waals surface area contributed by atoms with E-state index in [1.165, 1.54) is 6.92 Å². The van der Waals surface area contributed by atoms with Gasteiger partial charge in [-0.3, -0.25) is 4.79 Å². The molecule has 0 rings (SSSR count). The maximum absolute atomic E-state index is 10.3. The van der Waals surface area contributed by atoms with Crippen LogP contribution in [0.15, 0.2) is 5.11 Å². The van der Waals surface area contributed by atoms with Crippen LogP contribution in [0.25, 0.3) is 10.4 Å². The van der Waals surface area contributed by atoms with Crippen LogP contribution in [0.5, 0.6) is 0 Å². The van der Waals surface area contributed by atoms with Gasteiger partial charge < -0.3 is 10.1 Å². The summed E-state index contributed by atoms with van der Waals surface area (Å²) in [7, 11) is 0. The molecule has 0 spiro atoms. The summed E-state index contributed by atoms with van der Waals surface area (Å²) in [6.45, 7) is 3.10. The molecule has 0 unspecified atom stereocenters. The van der Waals surface area contributed by atoms with E-state index in [0.29, 0.717) is 26.3 Å². The highest BCUT2D eigenvalue weighted by Gasteiger charge is 1.89. The quantitative estimate of drug-likeness (QED) is 0.273. The zero-order chi connectivity index (χ0) is 9.23. The van der Waals surface area contributed by atoms with E-state index >= 15 is 0 Å². The number of amides is 1. The van der Waals surface area contributed by atoms with Crippen molar-refractivity contribution in [1.82, 2.24) is 5.32 Å². The monoisotopic (exact) mass is 172 g/mol. The second-order valence-electron chi connectivity index (χ2n) is 2.05. The van der Waals surface area contributed by atoms with Crippen molar-refractivity contribution in [3.63, 3.8) is 0 Å².